The molecule has 0 spiro atoms. The average molecular weight is 288 g/mol. The predicted molar refractivity (Wildman–Crippen MR) is 81.4 cm³/mol. The summed E-state index contributed by atoms with van der Waals surface area (Å²) in [5, 5.41) is 2.88. The highest BCUT2D eigenvalue weighted by Gasteiger charge is 2.11. The molecule has 0 saturated carbocycles. The number of anilines is 1. The minimum Gasteiger partial charge on any atom is -0.495 e. The maximum atomic E-state index is 12.1. The van der Waals surface area contributed by atoms with Crippen molar-refractivity contribution in [2.45, 2.75) is 13.5 Å². The van der Waals surface area contributed by atoms with E-state index in [1.165, 1.54) is 0 Å². The van der Waals surface area contributed by atoms with Crippen LogP contribution in [-0.4, -0.2) is 31.5 Å². The van der Waals surface area contributed by atoms with Crippen molar-refractivity contribution in [3.63, 3.8) is 0 Å². The van der Waals surface area contributed by atoms with Gasteiger partial charge in [-0.05, 0) is 43.8 Å². The van der Waals surface area contributed by atoms with Crippen LogP contribution in [0.2, 0.25) is 0 Å². The Hall–Kier alpha value is -2.27. The molecule has 0 aliphatic heterocycles. The van der Waals surface area contributed by atoms with Gasteiger partial charge in [-0.1, -0.05) is 6.07 Å². The summed E-state index contributed by atoms with van der Waals surface area (Å²) in [5.74, 6) is 1.40. The molecule has 0 unspecified atom stereocenters. The number of nitrogens with zero attached hydrogens (tertiary/aromatic N) is 1. The normalized spacial score (nSPS) is 10.7. The maximum absolute atomic E-state index is 12.1. The van der Waals surface area contributed by atoms with Crippen molar-refractivity contribution >= 4 is 11.6 Å². The number of carbonyl (C=O) groups is 1. The van der Waals surface area contributed by atoms with Gasteiger partial charge in [-0.25, -0.2) is 0 Å². The fraction of sp³-hybridized carbons (Fsp3) is 0.312. The summed E-state index contributed by atoms with van der Waals surface area (Å²) in [5.41, 5.74) is 1.75. The maximum Gasteiger partial charge on any atom is 0.238 e. The van der Waals surface area contributed by atoms with Crippen molar-refractivity contribution in [3.05, 3.63) is 47.9 Å². The average Bonchev–Trinajstić information content (AvgIpc) is 2.91. The Morgan fingerprint density at radius 1 is 1.38 bits per heavy atom. The van der Waals surface area contributed by atoms with Crippen LogP contribution in [0.3, 0.4) is 0 Å². The van der Waals surface area contributed by atoms with Crippen molar-refractivity contribution in [1.82, 2.24) is 4.90 Å². The number of ether oxygens (including phenoxy) is 1. The molecular formula is C16H20N2O3. The largest absolute Gasteiger partial charge is 0.495 e. The van der Waals surface area contributed by atoms with E-state index in [0.29, 0.717) is 18.0 Å². The fourth-order valence-electron chi connectivity index (χ4n) is 2.08. The Balaban J connectivity index is 1.93. The van der Waals surface area contributed by atoms with Crippen LogP contribution in [0.1, 0.15) is 11.3 Å². The van der Waals surface area contributed by atoms with Gasteiger partial charge in [-0.3, -0.25) is 9.69 Å². The number of nitrogens with one attached hydrogen (secondary N) is 1. The Bertz CT molecular complexity index is 594. The van der Waals surface area contributed by atoms with E-state index >= 15 is 0 Å². The first kappa shape index (κ1) is 15.1. The standard InChI is InChI=1S/C16H20N2O3/c1-12-6-7-15(20-3)14(9-12)17-16(19)11-18(2)10-13-5-4-8-21-13/h4-9H,10-11H2,1-3H3,(H,17,19). The van der Waals surface area contributed by atoms with Crippen molar-refractivity contribution in [3.8, 4) is 5.75 Å². The van der Waals surface area contributed by atoms with Gasteiger partial charge < -0.3 is 14.5 Å². The molecule has 0 bridgehead atoms. The molecule has 0 fully saturated rings. The van der Waals surface area contributed by atoms with Gasteiger partial charge in [0.25, 0.3) is 0 Å². The van der Waals surface area contributed by atoms with Gasteiger partial charge >= 0.3 is 0 Å². The van der Waals surface area contributed by atoms with Crippen LogP contribution in [-0.2, 0) is 11.3 Å². The summed E-state index contributed by atoms with van der Waals surface area (Å²) in [6.07, 6.45) is 1.63. The van der Waals surface area contributed by atoms with Crippen molar-refractivity contribution < 1.29 is 13.9 Å². The second-order valence-electron chi connectivity index (χ2n) is 5.00. The molecule has 1 heterocycles. The lowest BCUT2D eigenvalue weighted by Crippen LogP contribution is -2.29. The van der Waals surface area contributed by atoms with Crippen LogP contribution in [0.25, 0.3) is 0 Å². The number of hydrogen-bond donors (Lipinski definition) is 1. The van der Waals surface area contributed by atoms with Crippen LogP contribution in [0.15, 0.2) is 41.0 Å². The zero-order valence-corrected chi connectivity index (χ0v) is 12.6. The van der Waals surface area contributed by atoms with Gasteiger partial charge in [0.1, 0.15) is 11.5 Å². The van der Waals surface area contributed by atoms with Gasteiger partial charge in [0, 0.05) is 0 Å². The van der Waals surface area contributed by atoms with E-state index in [4.69, 9.17) is 9.15 Å². The minimum absolute atomic E-state index is 0.0899. The first-order valence-electron chi connectivity index (χ1n) is 6.74. The summed E-state index contributed by atoms with van der Waals surface area (Å²) in [6, 6.07) is 9.40. The molecule has 0 aliphatic rings. The molecule has 1 aromatic heterocycles. The number of benzene rings is 1. The highest BCUT2D eigenvalue weighted by Crippen LogP contribution is 2.25. The molecule has 112 valence electrons. The second-order valence-corrected chi connectivity index (χ2v) is 5.00. The number of amides is 1. The van der Waals surface area contributed by atoms with Crippen molar-refractivity contribution in [1.29, 1.82) is 0 Å². The number of likely N-dealkylation sites (N-methyl/N-ethyl adjacent to an activating group) is 1. The number of aryl methyl sites for hydroxylation is 1. The smallest absolute Gasteiger partial charge is 0.238 e. The van der Waals surface area contributed by atoms with Crippen LogP contribution in [0.5, 0.6) is 5.75 Å². The van der Waals surface area contributed by atoms with Crippen LogP contribution in [0, 0.1) is 6.92 Å². The Labute approximate surface area is 124 Å². The number of furan rings is 1. The third kappa shape index (κ3) is 4.36. The van der Waals surface area contributed by atoms with Gasteiger partial charge in [0.05, 0.1) is 32.1 Å². The highest BCUT2D eigenvalue weighted by molar-refractivity contribution is 5.93. The number of methoxy groups -OCH3 is 1. The van der Waals surface area contributed by atoms with E-state index in [1.54, 1.807) is 13.4 Å². The van der Waals surface area contributed by atoms with Crippen LogP contribution in [0.4, 0.5) is 5.69 Å². The van der Waals surface area contributed by atoms with Crippen LogP contribution < -0.4 is 10.1 Å². The van der Waals surface area contributed by atoms with Gasteiger partial charge in [-0.15, -0.1) is 0 Å². The van der Waals surface area contributed by atoms with E-state index in [2.05, 4.69) is 5.32 Å². The Kier molecular flexibility index (Phi) is 5.00. The topological polar surface area (TPSA) is 54.7 Å². The predicted octanol–water partition coefficient (Wildman–Crippen LogP) is 2.67. The quantitative estimate of drug-likeness (QED) is 0.888. The third-order valence-corrected chi connectivity index (χ3v) is 3.05. The van der Waals surface area contributed by atoms with Gasteiger partial charge in [0.2, 0.25) is 5.91 Å². The zero-order valence-electron chi connectivity index (χ0n) is 12.6. The van der Waals surface area contributed by atoms with E-state index in [9.17, 15) is 4.79 Å². The first-order valence-corrected chi connectivity index (χ1v) is 6.74. The molecule has 1 amide bonds. The summed E-state index contributed by atoms with van der Waals surface area (Å²) >= 11 is 0. The molecule has 0 aliphatic carbocycles. The Morgan fingerprint density at radius 3 is 2.86 bits per heavy atom. The minimum atomic E-state index is -0.0899. The zero-order chi connectivity index (χ0) is 15.2. The molecule has 1 N–H and O–H groups in total. The lowest BCUT2D eigenvalue weighted by molar-refractivity contribution is -0.117. The van der Waals surface area contributed by atoms with Crippen molar-refractivity contribution in [2.24, 2.45) is 0 Å². The summed E-state index contributed by atoms with van der Waals surface area (Å²) in [4.78, 5) is 14.0. The molecule has 0 atom stereocenters. The molecule has 5 nitrogen and oxygen atoms in total. The Morgan fingerprint density at radius 2 is 2.19 bits per heavy atom. The van der Waals surface area contributed by atoms with E-state index in [-0.39, 0.29) is 12.5 Å². The number of rotatable bonds is 6. The van der Waals surface area contributed by atoms with E-state index in [1.807, 2.05) is 49.2 Å². The molecule has 2 aromatic rings. The fourth-order valence-corrected chi connectivity index (χ4v) is 2.08. The molecule has 21 heavy (non-hydrogen) atoms. The summed E-state index contributed by atoms with van der Waals surface area (Å²) < 4.78 is 10.5. The second kappa shape index (κ2) is 6.95. The first-order chi connectivity index (χ1) is 10.1. The SMILES string of the molecule is COc1ccc(C)cc1NC(=O)CN(C)Cc1ccco1. The van der Waals surface area contributed by atoms with E-state index in [0.717, 1.165) is 11.3 Å². The number of hydrogen-bond acceptors (Lipinski definition) is 4. The monoisotopic (exact) mass is 288 g/mol. The summed E-state index contributed by atoms with van der Waals surface area (Å²) in [7, 11) is 3.46. The van der Waals surface area contributed by atoms with E-state index < -0.39 is 0 Å². The van der Waals surface area contributed by atoms with Gasteiger partial charge in [-0.2, -0.15) is 0 Å². The molecular weight excluding hydrogens is 268 g/mol. The molecule has 1 aromatic carbocycles. The lowest BCUT2D eigenvalue weighted by Gasteiger charge is -2.16. The van der Waals surface area contributed by atoms with Crippen molar-refractivity contribution in [2.75, 3.05) is 26.0 Å². The molecule has 5 heteroatoms. The molecule has 2 rings (SSSR count). The van der Waals surface area contributed by atoms with Crippen LogP contribution >= 0.6 is 0 Å². The highest BCUT2D eigenvalue weighted by atomic mass is 16.5. The number of carbonyl (C=O) groups excluding carboxylic acids is 1. The third-order valence-electron chi connectivity index (χ3n) is 3.05. The van der Waals surface area contributed by atoms with Gasteiger partial charge in [0.15, 0.2) is 0 Å². The summed E-state index contributed by atoms with van der Waals surface area (Å²) in [6.45, 7) is 2.83. The molecule has 0 saturated heterocycles. The molecule has 0 radical (unpaired) electrons. The lowest BCUT2D eigenvalue weighted by atomic mass is 10.2.